The van der Waals surface area contributed by atoms with Gasteiger partial charge in [0.1, 0.15) is 0 Å². The fourth-order valence-electron chi connectivity index (χ4n) is 0.756. The highest BCUT2D eigenvalue weighted by atomic mass is 32.2. The molecule has 68 valence electrons. The van der Waals surface area contributed by atoms with Gasteiger partial charge in [0.15, 0.2) is 0 Å². The minimum Gasteiger partial charge on any atom is -0.329 e. The number of aryl methyl sites for hydroxylation is 1. The molecule has 0 aliphatic heterocycles. The predicted molar refractivity (Wildman–Crippen MR) is 58.0 cm³/mol. The number of thioether (sulfide) groups is 1. The first-order valence-corrected chi connectivity index (χ1v) is 5.68. The second-order valence-corrected chi connectivity index (χ2v) is 6.35. The predicted octanol–water partition coefficient (Wildman–Crippen LogP) is 2.89. The Bertz CT molecular complexity index is 253. The van der Waals surface area contributed by atoms with Crippen LogP contribution in [0.15, 0.2) is 15.7 Å². The first-order chi connectivity index (χ1) is 5.55. The molecule has 12 heavy (non-hydrogen) atoms. The van der Waals surface area contributed by atoms with E-state index in [1.54, 1.807) is 11.3 Å². The van der Waals surface area contributed by atoms with Gasteiger partial charge in [-0.05, 0) is 37.8 Å². The quantitative estimate of drug-likeness (QED) is 0.761. The summed E-state index contributed by atoms with van der Waals surface area (Å²) in [6, 6.07) is 2.15. The highest BCUT2D eigenvalue weighted by Gasteiger charge is 2.18. The molecule has 0 amide bonds. The van der Waals surface area contributed by atoms with E-state index in [1.807, 2.05) is 11.8 Å². The van der Waals surface area contributed by atoms with Crippen LogP contribution >= 0.6 is 23.1 Å². The summed E-state index contributed by atoms with van der Waals surface area (Å²) >= 11 is 3.67. The minimum atomic E-state index is 0.162. The van der Waals surface area contributed by atoms with E-state index in [2.05, 4.69) is 32.2 Å². The summed E-state index contributed by atoms with van der Waals surface area (Å²) in [5.74, 6) is 0. The molecule has 0 aliphatic carbocycles. The number of thiophene rings is 1. The Balaban J connectivity index is 2.70. The molecule has 1 rings (SSSR count). The second-order valence-electron chi connectivity index (χ2n) is 3.46. The molecule has 0 fully saturated rings. The van der Waals surface area contributed by atoms with Gasteiger partial charge in [-0.15, -0.1) is 23.1 Å². The van der Waals surface area contributed by atoms with Crippen molar-refractivity contribution in [3.63, 3.8) is 0 Å². The van der Waals surface area contributed by atoms with Crippen LogP contribution in [0.5, 0.6) is 0 Å². The summed E-state index contributed by atoms with van der Waals surface area (Å²) in [4.78, 5) is 0. The van der Waals surface area contributed by atoms with Crippen LogP contribution in [0.3, 0.4) is 0 Å². The fraction of sp³-hybridized carbons (Fsp3) is 0.556. The number of hydrogen-bond donors (Lipinski definition) is 1. The van der Waals surface area contributed by atoms with E-state index >= 15 is 0 Å². The van der Waals surface area contributed by atoms with Gasteiger partial charge < -0.3 is 5.73 Å². The van der Waals surface area contributed by atoms with Gasteiger partial charge in [0.2, 0.25) is 0 Å². The third-order valence-corrected chi connectivity index (χ3v) is 4.25. The number of rotatable bonds is 3. The second kappa shape index (κ2) is 3.81. The molecule has 0 aromatic carbocycles. The van der Waals surface area contributed by atoms with Crippen LogP contribution in [-0.2, 0) is 0 Å². The van der Waals surface area contributed by atoms with Crippen molar-refractivity contribution < 1.29 is 0 Å². The molecular weight excluding hydrogens is 186 g/mol. The first kappa shape index (κ1) is 10.1. The van der Waals surface area contributed by atoms with Gasteiger partial charge in [-0.1, -0.05) is 0 Å². The highest BCUT2D eigenvalue weighted by Crippen LogP contribution is 2.36. The number of nitrogens with two attached hydrogens (primary N) is 1. The molecule has 0 spiro atoms. The van der Waals surface area contributed by atoms with Gasteiger partial charge in [0, 0.05) is 11.3 Å². The Hall–Kier alpha value is 0.01000. The van der Waals surface area contributed by atoms with Gasteiger partial charge in [-0.2, -0.15) is 0 Å². The lowest BCUT2D eigenvalue weighted by Gasteiger charge is -2.20. The van der Waals surface area contributed by atoms with Crippen molar-refractivity contribution in [2.45, 2.75) is 29.7 Å². The van der Waals surface area contributed by atoms with Crippen LogP contribution in [0.1, 0.15) is 19.4 Å². The Labute approximate surface area is 82.4 Å². The van der Waals surface area contributed by atoms with Crippen molar-refractivity contribution in [3.8, 4) is 0 Å². The van der Waals surface area contributed by atoms with Crippen molar-refractivity contribution in [2.75, 3.05) is 6.54 Å². The van der Waals surface area contributed by atoms with Crippen LogP contribution in [0.2, 0.25) is 0 Å². The molecule has 0 aliphatic rings. The van der Waals surface area contributed by atoms with E-state index in [4.69, 9.17) is 5.73 Å². The summed E-state index contributed by atoms with van der Waals surface area (Å²) in [5, 5.41) is 2.13. The molecule has 0 unspecified atom stereocenters. The molecule has 1 aromatic heterocycles. The molecular formula is C9H15NS2. The monoisotopic (exact) mass is 201 g/mol. The van der Waals surface area contributed by atoms with Crippen LogP contribution in [0.4, 0.5) is 0 Å². The molecule has 2 N–H and O–H groups in total. The molecule has 1 heterocycles. The van der Waals surface area contributed by atoms with Gasteiger partial charge >= 0.3 is 0 Å². The number of hydrogen-bond acceptors (Lipinski definition) is 3. The smallest absolute Gasteiger partial charge is 0.0633 e. The van der Waals surface area contributed by atoms with Crippen LogP contribution in [-0.4, -0.2) is 11.3 Å². The van der Waals surface area contributed by atoms with E-state index < -0.39 is 0 Å². The van der Waals surface area contributed by atoms with Gasteiger partial charge in [-0.3, -0.25) is 0 Å². The van der Waals surface area contributed by atoms with E-state index in [1.165, 1.54) is 9.77 Å². The SMILES string of the molecule is Cc1ccsc1SC(C)(C)CN. The molecule has 1 nitrogen and oxygen atoms in total. The normalized spacial score (nSPS) is 12.0. The standard InChI is InChI=1S/C9H15NS2/c1-7-4-5-11-8(7)12-9(2,3)6-10/h4-5H,6,10H2,1-3H3. The zero-order valence-corrected chi connectivity index (χ0v) is 9.39. The summed E-state index contributed by atoms with van der Waals surface area (Å²) in [6.45, 7) is 7.22. The molecule has 0 bridgehead atoms. The van der Waals surface area contributed by atoms with Crippen LogP contribution in [0, 0.1) is 6.92 Å². The van der Waals surface area contributed by atoms with E-state index in [0.29, 0.717) is 0 Å². The maximum absolute atomic E-state index is 5.66. The van der Waals surface area contributed by atoms with Crippen molar-refractivity contribution in [1.29, 1.82) is 0 Å². The lowest BCUT2D eigenvalue weighted by atomic mass is 10.2. The summed E-state index contributed by atoms with van der Waals surface area (Å²) in [7, 11) is 0. The minimum absolute atomic E-state index is 0.162. The molecule has 0 atom stereocenters. The highest BCUT2D eigenvalue weighted by molar-refractivity contribution is 8.02. The van der Waals surface area contributed by atoms with Crippen LogP contribution in [0.25, 0.3) is 0 Å². The van der Waals surface area contributed by atoms with Gasteiger partial charge in [-0.25, -0.2) is 0 Å². The summed E-state index contributed by atoms with van der Waals surface area (Å²) in [6.07, 6.45) is 0. The maximum Gasteiger partial charge on any atom is 0.0633 e. The van der Waals surface area contributed by atoms with Crippen molar-refractivity contribution in [3.05, 3.63) is 17.0 Å². The summed E-state index contributed by atoms with van der Waals surface area (Å²) < 4.78 is 1.56. The Morgan fingerprint density at radius 2 is 2.25 bits per heavy atom. The molecule has 0 saturated heterocycles. The first-order valence-electron chi connectivity index (χ1n) is 3.98. The zero-order valence-electron chi connectivity index (χ0n) is 7.76. The molecule has 1 aromatic rings. The van der Waals surface area contributed by atoms with Gasteiger partial charge in [0.05, 0.1) is 4.21 Å². The third-order valence-electron chi connectivity index (χ3n) is 1.68. The lowest BCUT2D eigenvalue weighted by molar-refractivity contribution is 0.723. The Morgan fingerprint density at radius 1 is 1.58 bits per heavy atom. The third kappa shape index (κ3) is 2.51. The average Bonchev–Trinajstić information content (AvgIpc) is 2.36. The Kier molecular flexibility index (Phi) is 3.21. The van der Waals surface area contributed by atoms with E-state index in [0.717, 1.165) is 6.54 Å². The van der Waals surface area contributed by atoms with Gasteiger partial charge in [0.25, 0.3) is 0 Å². The largest absolute Gasteiger partial charge is 0.329 e. The van der Waals surface area contributed by atoms with Crippen LogP contribution < -0.4 is 5.73 Å². The van der Waals surface area contributed by atoms with Crippen molar-refractivity contribution >= 4 is 23.1 Å². The maximum atomic E-state index is 5.66. The summed E-state index contributed by atoms with van der Waals surface area (Å²) in [5.41, 5.74) is 7.02. The average molecular weight is 201 g/mol. The zero-order chi connectivity index (χ0) is 9.19. The molecule has 3 heteroatoms. The lowest BCUT2D eigenvalue weighted by Crippen LogP contribution is -2.26. The fourth-order valence-corrected chi connectivity index (χ4v) is 3.26. The molecule has 0 radical (unpaired) electrons. The van der Waals surface area contributed by atoms with E-state index in [9.17, 15) is 0 Å². The van der Waals surface area contributed by atoms with Crippen molar-refractivity contribution in [1.82, 2.24) is 0 Å². The molecule has 0 saturated carbocycles. The van der Waals surface area contributed by atoms with Crippen molar-refractivity contribution in [2.24, 2.45) is 5.73 Å². The van der Waals surface area contributed by atoms with E-state index in [-0.39, 0.29) is 4.75 Å². The topological polar surface area (TPSA) is 26.0 Å². The Morgan fingerprint density at radius 3 is 2.67 bits per heavy atom.